The van der Waals surface area contributed by atoms with E-state index >= 15 is 0 Å². The molecule has 3 fully saturated rings. The molecule has 3 saturated heterocycles. The molecule has 32 heavy (non-hydrogen) atoms. The monoisotopic (exact) mass is 442 g/mol. The minimum atomic E-state index is -1.73. The Kier molecular flexibility index (Phi) is 4.87. The van der Waals surface area contributed by atoms with Gasteiger partial charge in [-0.25, -0.2) is 14.3 Å². The van der Waals surface area contributed by atoms with Crippen molar-refractivity contribution in [2.24, 2.45) is 5.92 Å². The second kappa shape index (κ2) is 7.61. The molecule has 0 aromatic carbocycles. The topological polar surface area (TPSA) is 154 Å². The first-order valence-corrected chi connectivity index (χ1v) is 10.3. The van der Waals surface area contributed by atoms with Gasteiger partial charge in [-0.3, -0.25) is 4.79 Å². The van der Waals surface area contributed by atoms with Gasteiger partial charge >= 0.3 is 12.1 Å². The second-order valence-corrected chi connectivity index (χ2v) is 8.24. The lowest BCUT2D eigenvalue weighted by atomic mass is 9.92. The van der Waals surface area contributed by atoms with Gasteiger partial charge in [-0.1, -0.05) is 0 Å². The lowest BCUT2D eigenvalue weighted by molar-refractivity contribution is -0.157. The number of rotatable bonds is 4. The van der Waals surface area contributed by atoms with E-state index < -0.39 is 30.1 Å². The third-order valence-corrected chi connectivity index (χ3v) is 6.33. The van der Waals surface area contributed by atoms with Crippen LogP contribution in [0.1, 0.15) is 18.5 Å². The maximum atomic E-state index is 12.6. The van der Waals surface area contributed by atoms with E-state index in [1.807, 2.05) is 7.05 Å². The Balaban J connectivity index is 1.40. The molecule has 0 aliphatic carbocycles. The van der Waals surface area contributed by atoms with Crippen LogP contribution in [0.3, 0.4) is 0 Å². The largest absolute Gasteiger partial charge is 0.509 e. The van der Waals surface area contributed by atoms with Crippen LogP contribution in [0.15, 0.2) is 18.5 Å². The molecule has 4 atom stereocenters. The van der Waals surface area contributed by atoms with Crippen molar-refractivity contribution in [2.75, 3.05) is 32.5 Å². The highest BCUT2D eigenvalue weighted by molar-refractivity contribution is 5.72. The van der Waals surface area contributed by atoms with Crippen molar-refractivity contribution in [1.29, 1.82) is 5.26 Å². The number of carbonyl (C=O) groups excluding carboxylic acids is 2. The van der Waals surface area contributed by atoms with Gasteiger partial charge in [-0.05, 0) is 45.1 Å². The van der Waals surface area contributed by atoms with E-state index in [0.29, 0.717) is 24.1 Å². The number of hydrogen-bond acceptors (Lipinski definition) is 11. The van der Waals surface area contributed by atoms with Crippen LogP contribution < -0.4 is 5.73 Å². The quantitative estimate of drug-likeness (QED) is 0.646. The van der Waals surface area contributed by atoms with E-state index in [-0.39, 0.29) is 24.3 Å². The van der Waals surface area contributed by atoms with E-state index in [2.05, 4.69) is 21.1 Å². The van der Waals surface area contributed by atoms with Gasteiger partial charge in [0.15, 0.2) is 18.0 Å². The van der Waals surface area contributed by atoms with Gasteiger partial charge in [0.25, 0.3) is 0 Å². The molecule has 0 bridgehead atoms. The maximum absolute atomic E-state index is 12.6. The van der Waals surface area contributed by atoms with Crippen LogP contribution in [0.5, 0.6) is 0 Å². The lowest BCUT2D eigenvalue weighted by Gasteiger charge is -2.28. The molecule has 2 N–H and O–H groups in total. The average Bonchev–Trinajstić information content (AvgIpc) is 3.46. The molecule has 12 heteroatoms. The van der Waals surface area contributed by atoms with Crippen molar-refractivity contribution < 1.29 is 28.5 Å². The Bertz CT molecular complexity index is 1110. The first-order valence-electron chi connectivity index (χ1n) is 10.3. The van der Waals surface area contributed by atoms with E-state index in [1.54, 1.807) is 12.1 Å². The van der Waals surface area contributed by atoms with Crippen LogP contribution in [0, 0.1) is 17.2 Å². The van der Waals surface area contributed by atoms with Crippen LogP contribution in [-0.4, -0.2) is 76.7 Å². The van der Waals surface area contributed by atoms with Gasteiger partial charge in [0, 0.05) is 0 Å². The summed E-state index contributed by atoms with van der Waals surface area (Å²) in [5.41, 5.74) is 4.95. The zero-order valence-electron chi connectivity index (χ0n) is 17.3. The predicted molar refractivity (Wildman–Crippen MR) is 106 cm³/mol. The zero-order valence-corrected chi connectivity index (χ0v) is 17.3. The number of nitrogens with zero attached hydrogens (tertiary/aromatic N) is 5. The number of nitrogens with two attached hydrogens (primary N) is 1. The fourth-order valence-corrected chi connectivity index (χ4v) is 4.57. The minimum Gasteiger partial charge on any atom is -0.463 e. The first-order chi connectivity index (χ1) is 15.4. The standard InChI is InChI=1S/C20H22N6O6/c1-25-6-4-11(5-7-25)18(27)29-8-13-15-16(31-19(28)30-15)20(9-21,32-13)14-3-2-12-17(22)23-10-24-26(12)14/h2-3,10-11,13,15-16H,4-8H2,1H3,(H2,22,23,24)/t13-,15-,16-,20+/m1/s1. The molecule has 0 amide bonds. The molecule has 0 radical (unpaired) electrons. The number of anilines is 1. The number of ether oxygens (including phenoxy) is 4. The highest BCUT2D eigenvalue weighted by Gasteiger charge is 2.65. The maximum Gasteiger partial charge on any atom is 0.509 e. The number of carbonyl (C=O) groups is 2. The highest BCUT2D eigenvalue weighted by atomic mass is 16.8. The van der Waals surface area contributed by atoms with Crippen LogP contribution in [0.4, 0.5) is 10.6 Å². The normalized spacial score (nSPS) is 30.5. The van der Waals surface area contributed by atoms with Crippen LogP contribution >= 0.6 is 0 Å². The van der Waals surface area contributed by atoms with Crippen LogP contribution in [0.2, 0.25) is 0 Å². The second-order valence-electron chi connectivity index (χ2n) is 8.24. The fourth-order valence-electron chi connectivity index (χ4n) is 4.57. The zero-order chi connectivity index (χ0) is 22.5. The number of esters is 1. The van der Waals surface area contributed by atoms with E-state index in [0.717, 1.165) is 13.1 Å². The van der Waals surface area contributed by atoms with Crippen molar-refractivity contribution in [3.05, 3.63) is 24.2 Å². The van der Waals surface area contributed by atoms with Crippen molar-refractivity contribution in [3.63, 3.8) is 0 Å². The molecule has 5 rings (SSSR count). The Morgan fingerprint density at radius 3 is 2.91 bits per heavy atom. The molecule has 12 nitrogen and oxygen atoms in total. The lowest BCUT2D eigenvalue weighted by Crippen LogP contribution is -2.39. The summed E-state index contributed by atoms with van der Waals surface area (Å²) in [5, 5.41) is 14.3. The molecule has 168 valence electrons. The Morgan fingerprint density at radius 1 is 1.38 bits per heavy atom. The van der Waals surface area contributed by atoms with E-state index in [1.165, 1.54) is 10.8 Å². The molecule has 3 aliphatic heterocycles. The van der Waals surface area contributed by atoms with E-state index in [9.17, 15) is 14.9 Å². The summed E-state index contributed by atoms with van der Waals surface area (Å²) >= 11 is 0. The minimum absolute atomic E-state index is 0.174. The summed E-state index contributed by atoms with van der Waals surface area (Å²) in [6, 6.07) is 5.38. The van der Waals surface area contributed by atoms with Gasteiger partial charge in [0.1, 0.15) is 30.6 Å². The molecular formula is C20H22N6O6. The van der Waals surface area contributed by atoms with Gasteiger partial charge < -0.3 is 29.6 Å². The molecule has 0 spiro atoms. The number of piperidine rings is 1. The number of likely N-dealkylation sites (tertiary alicyclic amines) is 1. The number of nitrogen functional groups attached to an aromatic ring is 1. The summed E-state index contributed by atoms with van der Waals surface area (Å²) < 4.78 is 23.6. The summed E-state index contributed by atoms with van der Waals surface area (Å²) in [4.78, 5) is 30.6. The SMILES string of the molecule is CN1CCC(C(=O)OC[C@H]2O[C@@](C#N)(c3ccc4c(N)ncnn34)[C@@H]3OC(=O)O[C@@H]32)CC1. The van der Waals surface area contributed by atoms with E-state index in [4.69, 9.17) is 24.7 Å². The molecule has 2 aromatic heterocycles. The van der Waals surface area contributed by atoms with Crippen molar-refractivity contribution >= 4 is 23.5 Å². The first kappa shape index (κ1) is 20.5. The molecule has 5 heterocycles. The number of nitriles is 1. The summed E-state index contributed by atoms with van der Waals surface area (Å²) in [6.45, 7) is 1.46. The van der Waals surface area contributed by atoms with Crippen molar-refractivity contribution in [3.8, 4) is 6.07 Å². The molecule has 0 unspecified atom stereocenters. The van der Waals surface area contributed by atoms with Crippen molar-refractivity contribution in [2.45, 2.75) is 36.8 Å². The Morgan fingerprint density at radius 2 is 2.16 bits per heavy atom. The van der Waals surface area contributed by atoms with Crippen LogP contribution in [-0.2, 0) is 29.3 Å². The highest BCUT2D eigenvalue weighted by Crippen LogP contribution is 2.46. The summed E-state index contributed by atoms with van der Waals surface area (Å²) in [5.74, 6) is -0.301. The van der Waals surface area contributed by atoms with Gasteiger partial charge in [-0.15, -0.1) is 0 Å². The third-order valence-electron chi connectivity index (χ3n) is 6.33. The molecule has 2 aromatic rings. The van der Waals surface area contributed by atoms with Crippen LogP contribution in [0.25, 0.3) is 5.52 Å². The molecule has 0 saturated carbocycles. The smallest absolute Gasteiger partial charge is 0.463 e. The van der Waals surface area contributed by atoms with Crippen molar-refractivity contribution in [1.82, 2.24) is 19.5 Å². The third kappa shape index (κ3) is 3.12. The average molecular weight is 442 g/mol. The van der Waals surface area contributed by atoms with Gasteiger partial charge in [-0.2, -0.15) is 10.4 Å². The Hall–Kier alpha value is -3.43. The van der Waals surface area contributed by atoms with Gasteiger partial charge in [0.2, 0.25) is 5.60 Å². The summed E-state index contributed by atoms with van der Waals surface area (Å²) in [6.07, 6.45) is -1.11. The van der Waals surface area contributed by atoms with Gasteiger partial charge in [0.05, 0.1) is 11.6 Å². The molecular weight excluding hydrogens is 420 g/mol. The Labute approximate surface area is 182 Å². The fraction of sp³-hybridized carbons (Fsp3) is 0.550. The number of fused-ring (bicyclic) bond motifs is 2. The number of aromatic nitrogens is 3. The predicted octanol–water partition coefficient (Wildman–Crippen LogP) is 0.218. The summed E-state index contributed by atoms with van der Waals surface area (Å²) in [7, 11) is 2.01. The molecule has 3 aliphatic rings. The number of hydrogen-bond donors (Lipinski definition) is 1.